The summed E-state index contributed by atoms with van der Waals surface area (Å²) in [6.07, 6.45) is 0. The lowest BCUT2D eigenvalue weighted by Gasteiger charge is -2.22. The van der Waals surface area contributed by atoms with Crippen molar-refractivity contribution in [3.63, 3.8) is 0 Å². The lowest BCUT2D eigenvalue weighted by Crippen LogP contribution is -2.13. The number of allylic oxidation sites excluding steroid dienone is 2. The standard InChI is InChI=1S/C56H58N8O4/c1-53(2,3)41-37(29-17-13-21-33(65)25-29)45-57-49(41)61-46-38(30-18-14-22-34(66)26-30)42(54(4,5)6)51(58-46)63-48-40(32-20-16-24-36(68)28-32)44(56(10,11)12)52(60-48)64-47-39(31-19-15-23-35(67)27-31)43(55(7,8)9)50(59-47)62-45/h13-28,65-68H,1-12H3,(H2,57,58,59,60,61,62,63,64). The van der Waals surface area contributed by atoms with Gasteiger partial charge in [-0.2, -0.15) is 0 Å². The molecular formula is C56H58N8O4. The van der Waals surface area contributed by atoms with E-state index in [2.05, 4.69) is 93.1 Å². The number of nitrogens with one attached hydrogen (secondary N) is 2. The molecule has 6 N–H and O–H groups in total. The Labute approximate surface area is 396 Å². The molecule has 4 aromatic carbocycles. The van der Waals surface area contributed by atoms with Gasteiger partial charge in [-0.25, -0.2) is 29.9 Å². The molecule has 7 aromatic rings. The van der Waals surface area contributed by atoms with Crippen molar-refractivity contribution in [2.45, 2.75) is 93.9 Å². The summed E-state index contributed by atoms with van der Waals surface area (Å²) in [7, 11) is 0. The van der Waals surface area contributed by atoms with Crippen LogP contribution in [0.3, 0.4) is 0 Å². The summed E-state index contributed by atoms with van der Waals surface area (Å²) in [5, 5.41) is 43.9. The van der Waals surface area contributed by atoms with Crippen LogP contribution in [0.2, 0.25) is 0 Å². The van der Waals surface area contributed by atoms with Gasteiger partial charge in [0.1, 0.15) is 45.6 Å². The fourth-order valence-electron chi connectivity index (χ4n) is 9.54. The van der Waals surface area contributed by atoms with Gasteiger partial charge < -0.3 is 30.4 Å². The molecule has 0 atom stereocenters. The van der Waals surface area contributed by atoms with Crippen LogP contribution in [0.5, 0.6) is 23.0 Å². The van der Waals surface area contributed by atoms with E-state index < -0.39 is 21.7 Å². The van der Waals surface area contributed by atoms with Gasteiger partial charge in [0.05, 0.1) is 0 Å². The lowest BCUT2D eigenvalue weighted by molar-refractivity contribution is 0.474. The molecule has 5 heterocycles. The summed E-state index contributed by atoms with van der Waals surface area (Å²) in [5.74, 6) is 1.91. The first-order valence-corrected chi connectivity index (χ1v) is 22.9. The predicted octanol–water partition coefficient (Wildman–Crippen LogP) is 12.7. The van der Waals surface area contributed by atoms with Crippen LogP contribution in [0, 0.1) is 10.8 Å². The minimum atomic E-state index is -0.564. The zero-order valence-electron chi connectivity index (χ0n) is 40.7. The molecule has 2 aliphatic rings. The Bertz CT molecular complexity index is 3210. The van der Waals surface area contributed by atoms with Crippen LogP contribution in [0.4, 0.5) is 0 Å². The summed E-state index contributed by atoms with van der Waals surface area (Å²) < 4.78 is 0. The zero-order valence-corrected chi connectivity index (χ0v) is 40.7. The van der Waals surface area contributed by atoms with Crippen LogP contribution in [-0.4, -0.2) is 60.3 Å². The molecule has 0 saturated heterocycles. The molecule has 2 aliphatic heterocycles. The lowest BCUT2D eigenvalue weighted by atomic mass is 9.81. The van der Waals surface area contributed by atoms with Gasteiger partial charge in [-0.05, 0) is 92.4 Å². The number of hydrogen-bond donors (Lipinski definition) is 6. The van der Waals surface area contributed by atoms with Gasteiger partial charge in [0.25, 0.3) is 0 Å². The summed E-state index contributed by atoms with van der Waals surface area (Å²) in [6.45, 7) is 25.3. The van der Waals surface area contributed by atoms with Crippen molar-refractivity contribution >= 4 is 44.9 Å². The van der Waals surface area contributed by atoms with Crippen molar-refractivity contribution in [1.82, 2.24) is 39.9 Å². The molecule has 0 aliphatic carbocycles. The molecule has 9 rings (SSSR count). The topological polar surface area (TPSA) is 190 Å². The highest BCUT2D eigenvalue weighted by Gasteiger charge is 2.37. The third-order valence-electron chi connectivity index (χ3n) is 12.1. The van der Waals surface area contributed by atoms with E-state index in [0.29, 0.717) is 79.3 Å². The second-order valence-corrected chi connectivity index (χ2v) is 21.8. The van der Waals surface area contributed by atoms with Crippen molar-refractivity contribution < 1.29 is 20.4 Å². The van der Waals surface area contributed by atoms with Crippen LogP contribution in [0.1, 0.15) is 129 Å². The molecule has 0 fully saturated rings. The highest BCUT2D eigenvalue weighted by atomic mass is 16.3. The van der Waals surface area contributed by atoms with Crippen LogP contribution in [0.15, 0.2) is 97.1 Å². The number of rotatable bonds is 4. The molecule has 3 aromatic heterocycles. The van der Waals surface area contributed by atoms with Gasteiger partial charge >= 0.3 is 0 Å². The molecular weight excluding hydrogens is 849 g/mol. The van der Waals surface area contributed by atoms with Gasteiger partial charge in [-0.3, -0.25) is 0 Å². The minimum Gasteiger partial charge on any atom is -0.508 e. The van der Waals surface area contributed by atoms with E-state index in [1.165, 1.54) is 0 Å². The SMILES string of the molecule is CC(C)(C)C1=C(c2cccc(O)c2)c2nc1nc1[nH]c(nc3nc(nc4[nH]c(n2)c(C(C)(C)C)c4-c2cccc(O)c2)C(C(C)(C)C)=C3c2cccc(O)c2)c(C(C)(C)C)c1-c1cccc(O)c1. The Hall–Kier alpha value is -7.60. The van der Waals surface area contributed by atoms with E-state index in [-0.39, 0.29) is 23.0 Å². The van der Waals surface area contributed by atoms with E-state index in [0.717, 1.165) is 33.4 Å². The molecule has 8 bridgehead atoms. The monoisotopic (exact) mass is 906 g/mol. The number of phenols is 4. The van der Waals surface area contributed by atoms with E-state index in [4.69, 9.17) is 29.9 Å². The fourth-order valence-corrected chi connectivity index (χ4v) is 9.54. The van der Waals surface area contributed by atoms with E-state index in [1.54, 1.807) is 60.7 Å². The molecule has 0 spiro atoms. The van der Waals surface area contributed by atoms with Crippen LogP contribution < -0.4 is 0 Å². The average molecular weight is 907 g/mol. The summed E-state index contributed by atoms with van der Waals surface area (Å²) >= 11 is 0. The summed E-state index contributed by atoms with van der Waals surface area (Å²) in [6, 6.07) is 28.4. The third-order valence-corrected chi connectivity index (χ3v) is 12.1. The maximum Gasteiger partial charge on any atom is 0.165 e. The highest BCUT2D eigenvalue weighted by Crippen LogP contribution is 2.49. The molecule has 0 unspecified atom stereocenters. The average Bonchev–Trinajstić information content (AvgIpc) is 3.98. The Kier molecular flexibility index (Phi) is 10.7. The maximum atomic E-state index is 11.0. The number of aromatic amines is 2. The number of H-pyrrole nitrogens is 2. The normalized spacial score (nSPS) is 13.7. The number of hydrogen-bond acceptors (Lipinski definition) is 10. The Balaban J connectivity index is 1.60. The first kappa shape index (κ1) is 45.6. The van der Waals surface area contributed by atoms with Crippen LogP contribution in [0.25, 0.3) is 67.1 Å². The van der Waals surface area contributed by atoms with Crippen molar-refractivity contribution in [2.24, 2.45) is 10.8 Å². The maximum absolute atomic E-state index is 11.0. The second-order valence-electron chi connectivity index (χ2n) is 21.8. The Morgan fingerprint density at radius 3 is 0.926 bits per heavy atom. The molecule has 12 nitrogen and oxygen atoms in total. The summed E-state index contributed by atoms with van der Waals surface area (Å²) in [5.41, 5.74) is 8.59. The number of phenolic OH excluding ortho intramolecular Hbond substituents is 4. The van der Waals surface area contributed by atoms with Crippen molar-refractivity contribution in [3.05, 3.63) is 143 Å². The Morgan fingerprint density at radius 1 is 0.338 bits per heavy atom. The number of fused-ring (bicyclic) bond motifs is 8. The van der Waals surface area contributed by atoms with Gasteiger partial charge in [0, 0.05) is 44.5 Å². The minimum absolute atomic E-state index is 0.0895. The smallest absolute Gasteiger partial charge is 0.165 e. The number of aromatic nitrogens is 8. The fraction of sp³-hybridized carbons (Fsp3) is 0.286. The van der Waals surface area contributed by atoms with Crippen LogP contribution >= 0.6 is 0 Å². The largest absolute Gasteiger partial charge is 0.508 e. The Morgan fingerprint density at radius 2 is 0.632 bits per heavy atom. The van der Waals surface area contributed by atoms with Crippen molar-refractivity contribution in [3.8, 4) is 45.3 Å². The van der Waals surface area contributed by atoms with Crippen molar-refractivity contribution in [1.29, 1.82) is 0 Å². The molecule has 0 radical (unpaired) electrons. The van der Waals surface area contributed by atoms with E-state index >= 15 is 0 Å². The quantitative estimate of drug-likeness (QED) is 0.0991. The van der Waals surface area contributed by atoms with Gasteiger partial charge in [-0.1, -0.05) is 132 Å². The molecule has 0 amide bonds. The van der Waals surface area contributed by atoms with E-state index in [9.17, 15) is 20.4 Å². The van der Waals surface area contributed by atoms with Gasteiger partial charge in [-0.15, -0.1) is 0 Å². The van der Waals surface area contributed by atoms with E-state index in [1.807, 2.05) is 36.4 Å². The van der Waals surface area contributed by atoms with Gasteiger partial charge in [0.2, 0.25) is 0 Å². The predicted molar refractivity (Wildman–Crippen MR) is 271 cm³/mol. The molecule has 12 heteroatoms. The summed E-state index contributed by atoms with van der Waals surface area (Å²) in [4.78, 5) is 39.9. The number of nitrogens with zero attached hydrogens (tertiary/aromatic N) is 6. The molecule has 68 heavy (non-hydrogen) atoms. The second kappa shape index (κ2) is 16.0. The first-order chi connectivity index (χ1) is 31.9. The number of aromatic hydroxyl groups is 4. The zero-order chi connectivity index (χ0) is 48.8. The van der Waals surface area contributed by atoms with Crippen LogP contribution in [-0.2, 0) is 10.8 Å². The third kappa shape index (κ3) is 8.28. The van der Waals surface area contributed by atoms with Gasteiger partial charge in [0.15, 0.2) is 23.3 Å². The number of benzene rings is 4. The molecule has 0 saturated carbocycles. The van der Waals surface area contributed by atoms with Crippen molar-refractivity contribution in [2.75, 3.05) is 0 Å². The molecule has 346 valence electrons. The first-order valence-electron chi connectivity index (χ1n) is 22.9. The highest BCUT2D eigenvalue weighted by molar-refractivity contribution is 6.02.